The maximum absolute atomic E-state index is 10.9. The van der Waals surface area contributed by atoms with E-state index in [1.165, 1.54) is 22.3 Å². The number of hydrogen-bond donors (Lipinski definition) is 2. The van der Waals surface area contributed by atoms with Gasteiger partial charge in [0.1, 0.15) is 12.2 Å². The summed E-state index contributed by atoms with van der Waals surface area (Å²) in [4.78, 5) is 0. The summed E-state index contributed by atoms with van der Waals surface area (Å²) in [7, 11) is 0. The van der Waals surface area contributed by atoms with E-state index < -0.39 is 12.2 Å². The van der Waals surface area contributed by atoms with Crippen LogP contribution in [0, 0.1) is 0 Å². The molecule has 1 aliphatic carbocycles. The van der Waals surface area contributed by atoms with Crippen LogP contribution in [0.4, 0.5) is 0 Å². The Labute approximate surface area is 208 Å². The number of benzene rings is 1. The van der Waals surface area contributed by atoms with E-state index in [1.807, 2.05) is 31.2 Å². The van der Waals surface area contributed by atoms with Gasteiger partial charge < -0.3 is 10.2 Å². The number of aliphatic hydroxyl groups is 2. The second-order valence-corrected chi connectivity index (χ2v) is 10.0. The third-order valence-electron chi connectivity index (χ3n) is 7.15. The molecular formula is C32H46O2. The van der Waals surface area contributed by atoms with Crippen LogP contribution in [0.15, 0.2) is 82.0 Å². The van der Waals surface area contributed by atoms with E-state index in [9.17, 15) is 10.2 Å². The summed E-state index contributed by atoms with van der Waals surface area (Å²) in [6, 6.07) is 7.66. The highest BCUT2D eigenvalue weighted by Gasteiger charge is 2.29. The zero-order valence-corrected chi connectivity index (χ0v) is 22.3. The molecule has 2 atom stereocenters. The average Bonchev–Trinajstić information content (AvgIpc) is 2.82. The van der Waals surface area contributed by atoms with E-state index >= 15 is 0 Å². The summed E-state index contributed by atoms with van der Waals surface area (Å²) >= 11 is 0. The molecule has 2 nitrogen and oxygen atoms in total. The molecule has 0 bridgehead atoms. The first-order chi connectivity index (χ1) is 16.2. The Morgan fingerprint density at radius 3 is 1.65 bits per heavy atom. The normalized spacial score (nSPS) is 20.1. The minimum atomic E-state index is -0.631. The van der Waals surface area contributed by atoms with Gasteiger partial charge in [0.2, 0.25) is 0 Å². The highest BCUT2D eigenvalue weighted by Crippen LogP contribution is 2.41. The van der Waals surface area contributed by atoms with Crippen LogP contribution < -0.4 is 0 Å². The van der Waals surface area contributed by atoms with Gasteiger partial charge in [-0.25, -0.2) is 0 Å². The van der Waals surface area contributed by atoms with Crippen LogP contribution in [0.3, 0.4) is 0 Å². The molecule has 1 aromatic rings. The van der Waals surface area contributed by atoms with Gasteiger partial charge in [0.05, 0.1) is 0 Å². The van der Waals surface area contributed by atoms with Gasteiger partial charge in [-0.3, -0.25) is 0 Å². The molecule has 186 valence electrons. The van der Waals surface area contributed by atoms with Crippen molar-refractivity contribution >= 4 is 0 Å². The summed E-state index contributed by atoms with van der Waals surface area (Å²) in [5.41, 5.74) is 9.24. The predicted octanol–water partition coefficient (Wildman–Crippen LogP) is 9.01. The predicted molar refractivity (Wildman–Crippen MR) is 147 cm³/mol. The van der Waals surface area contributed by atoms with E-state index in [1.54, 1.807) is 0 Å². The highest BCUT2D eigenvalue weighted by molar-refractivity contribution is 5.45. The minimum absolute atomic E-state index is 0.622. The van der Waals surface area contributed by atoms with Crippen LogP contribution in [-0.4, -0.2) is 10.2 Å². The largest absolute Gasteiger partial charge is 0.384 e. The Morgan fingerprint density at radius 2 is 1.15 bits per heavy atom. The maximum Gasteiger partial charge on any atom is 0.101 e. The standard InChI is InChI=1S/C32H46O2/c1-7-23(2)13-10-14-24(3)15-11-16-25(4)17-12-18-26(5)21-22-28-27(6)31(33)29-19-8-9-20-30(29)32(28)34/h8-9,13,15,17,19-21,31-34H,7,10-12,14,16,18,22H2,1-6H3/b23-13+,24-15+,25-17+,26-21+. The van der Waals surface area contributed by atoms with Crippen LogP contribution in [0.5, 0.6) is 0 Å². The third-order valence-corrected chi connectivity index (χ3v) is 7.15. The first kappa shape index (κ1) is 28.1. The van der Waals surface area contributed by atoms with E-state index in [0.717, 1.165) is 67.2 Å². The van der Waals surface area contributed by atoms with Crippen molar-refractivity contribution in [3.63, 3.8) is 0 Å². The Balaban J connectivity index is 1.80. The van der Waals surface area contributed by atoms with E-state index in [0.29, 0.717) is 6.42 Å². The summed E-state index contributed by atoms with van der Waals surface area (Å²) in [5.74, 6) is 0. The van der Waals surface area contributed by atoms with Crippen LogP contribution >= 0.6 is 0 Å². The number of allylic oxidation sites excluding steroid dienone is 8. The SMILES string of the molecule is CC/C(C)=C/CC/C(C)=C/CC/C(C)=C/CC/C(C)=C/CC1=C(C)C(O)c2ccccc2C1O. The Kier molecular flexibility index (Phi) is 11.8. The van der Waals surface area contributed by atoms with Crippen molar-refractivity contribution in [3.8, 4) is 0 Å². The van der Waals surface area contributed by atoms with Crippen molar-refractivity contribution in [2.75, 3.05) is 0 Å². The van der Waals surface area contributed by atoms with Gasteiger partial charge in [-0.05, 0) is 108 Å². The van der Waals surface area contributed by atoms with Crippen molar-refractivity contribution in [2.45, 2.75) is 105 Å². The zero-order valence-electron chi connectivity index (χ0n) is 22.3. The molecule has 0 radical (unpaired) electrons. The van der Waals surface area contributed by atoms with E-state index in [2.05, 4.69) is 58.9 Å². The number of aliphatic hydroxyl groups excluding tert-OH is 2. The van der Waals surface area contributed by atoms with Crippen molar-refractivity contribution in [1.82, 2.24) is 0 Å². The van der Waals surface area contributed by atoms with Gasteiger partial charge in [0, 0.05) is 0 Å². The fourth-order valence-electron chi connectivity index (χ4n) is 4.47. The van der Waals surface area contributed by atoms with Crippen LogP contribution in [-0.2, 0) is 0 Å². The summed E-state index contributed by atoms with van der Waals surface area (Å²) < 4.78 is 0. The fourth-order valence-corrected chi connectivity index (χ4v) is 4.47. The quantitative estimate of drug-likeness (QED) is 0.304. The second-order valence-electron chi connectivity index (χ2n) is 10.0. The molecule has 34 heavy (non-hydrogen) atoms. The molecule has 0 spiro atoms. The maximum atomic E-state index is 10.9. The first-order valence-electron chi connectivity index (χ1n) is 13.0. The van der Waals surface area contributed by atoms with Crippen molar-refractivity contribution in [1.29, 1.82) is 0 Å². The molecule has 2 rings (SSSR count). The van der Waals surface area contributed by atoms with Crippen molar-refractivity contribution in [2.24, 2.45) is 0 Å². The number of rotatable bonds is 12. The van der Waals surface area contributed by atoms with Gasteiger partial charge in [-0.2, -0.15) is 0 Å². The Hall–Kier alpha value is -2.16. The third kappa shape index (κ3) is 8.56. The molecular weight excluding hydrogens is 416 g/mol. The molecule has 0 heterocycles. The molecule has 1 aliphatic rings. The summed E-state index contributed by atoms with van der Waals surface area (Å²) in [6.07, 6.45) is 16.6. The lowest BCUT2D eigenvalue weighted by atomic mass is 9.81. The average molecular weight is 463 g/mol. The van der Waals surface area contributed by atoms with Crippen LogP contribution in [0.25, 0.3) is 0 Å². The molecule has 0 aromatic heterocycles. The molecule has 2 unspecified atom stereocenters. The second kappa shape index (κ2) is 14.3. The molecule has 0 fully saturated rings. The van der Waals surface area contributed by atoms with Crippen LogP contribution in [0.2, 0.25) is 0 Å². The summed E-state index contributed by atoms with van der Waals surface area (Å²) in [5, 5.41) is 21.5. The Morgan fingerprint density at radius 1 is 0.706 bits per heavy atom. The van der Waals surface area contributed by atoms with Gasteiger partial charge >= 0.3 is 0 Å². The van der Waals surface area contributed by atoms with E-state index in [-0.39, 0.29) is 0 Å². The molecule has 1 aromatic carbocycles. The van der Waals surface area contributed by atoms with Crippen molar-refractivity contribution < 1.29 is 10.2 Å². The van der Waals surface area contributed by atoms with Crippen molar-refractivity contribution in [3.05, 3.63) is 93.1 Å². The zero-order chi connectivity index (χ0) is 25.1. The molecule has 0 amide bonds. The number of hydrogen-bond acceptors (Lipinski definition) is 2. The summed E-state index contributed by atoms with van der Waals surface area (Å²) in [6.45, 7) is 13.0. The monoisotopic (exact) mass is 462 g/mol. The van der Waals surface area contributed by atoms with Gasteiger partial charge in [-0.1, -0.05) is 77.8 Å². The number of fused-ring (bicyclic) bond motifs is 1. The molecule has 2 heteroatoms. The first-order valence-corrected chi connectivity index (χ1v) is 13.0. The van der Waals surface area contributed by atoms with Gasteiger partial charge in [-0.15, -0.1) is 0 Å². The minimum Gasteiger partial charge on any atom is -0.384 e. The molecule has 2 N–H and O–H groups in total. The smallest absolute Gasteiger partial charge is 0.101 e. The van der Waals surface area contributed by atoms with Gasteiger partial charge in [0.25, 0.3) is 0 Å². The highest BCUT2D eigenvalue weighted by atomic mass is 16.3. The van der Waals surface area contributed by atoms with E-state index in [4.69, 9.17) is 0 Å². The van der Waals surface area contributed by atoms with Gasteiger partial charge in [0.15, 0.2) is 0 Å². The molecule has 0 saturated carbocycles. The lowest BCUT2D eigenvalue weighted by Crippen LogP contribution is -2.17. The van der Waals surface area contributed by atoms with Crippen LogP contribution in [0.1, 0.15) is 116 Å². The Bertz CT molecular complexity index is 955. The lowest BCUT2D eigenvalue weighted by molar-refractivity contribution is 0.167. The molecule has 0 saturated heterocycles. The lowest BCUT2D eigenvalue weighted by Gasteiger charge is -2.30. The topological polar surface area (TPSA) is 40.5 Å². The molecule has 0 aliphatic heterocycles. The fraction of sp³-hybridized carbons (Fsp3) is 0.500.